The second-order valence-electron chi connectivity index (χ2n) is 7.98. The summed E-state index contributed by atoms with van der Waals surface area (Å²) in [6, 6.07) is 23.1. The minimum atomic E-state index is -0.153. The number of amides is 2. The first-order valence-corrected chi connectivity index (χ1v) is 10.5. The summed E-state index contributed by atoms with van der Waals surface area (Å²) < 4.78 is 5.64. The van der Waals surface area contributed by atoms with Gasteiger partial charge in [-0.25, -0.2) is 0 Å². The van der Waals surface area contributed by atoms with Crippen molar-refractivity contribution in [1.82, 2.24) is 5.32 Å². The second kappa shape index (κ2) is 9.04. The van der Waals surface area contributed by atoms with Crippen molar-refractivity contribution in [2.24, 2.45) is 0 Å². The number of hydrogen-bond donors (Lipinski definition) is 1. The quantitative estimate of drug-likeness (QED) is 0.620. The molecule has 0 bridgehead atoms. The van der Waals surface area contributed by atoms with Gasteiger partial charge in [0.1, 0.15) is 5.75 Å². The van der Waals surface area contributed by atoms with Gasteiger partial charge in [0.2, 0.25) is 5.91 Å². The van der Waals surface area contributed by atoms with Crippen molar-refractivity contribution in [2.75, 3.05) is 4.90 Å². The van der Waals surface area contributed by atoms with E-state index in [1.165, 1.54) is 0 Å². The predicted octanol–water partition coefficient (Wildman–Crippen LogP) is 4.49. The zero-order valence-electron chi connectivity index (χ0n) is 17.8. The lowest BCUT2D eigenvalue weighted by molar-refractivity contribution is -0.117. The molecule has 1 heterocycles. The minimum Gasteiger partial charge on any atom is -0.491 e. The summed E-state index contributed by atoms with van der Waals surface area (Å²) in [5, 5.41) is 2.95. The standard InChI is InChI=1S/C26H26N2O3/c1-18(2)31-23-11-8-19(9-12-23)16-27-26(30)21-10-13-24-22(14-21)15-25(29)28(24)17-20-6-4-3-5-7-20/h3-14,18H,15-17H2,1-2H3,(H,27,30). The Morgan fingerprint density at radius 3 is 2.45 bits per heavy atom. The summed E-state index contributed by atoms with van der Waals surface area (Å²) in [4.78, 5) is 27.0. The molecule has 0 atom stereocenters. The normalized spacial score (nSPS) is 12.7. The van der Waals surface area contributed by atoms with Gasteiger partial charge in [-0.3, -0.25) is 9.59 Å². The second-order valence-corrected chi connectivity index (χ2v) is 7.98. The van der Waals surface area contributed by atoms with Crippen molar-refractivity contribution in [2.45, 2.75) is 39.5 Å². The van der Waals surface area contributed by atoms with Crippen LogP contribution in [0.2, 0.25) is 0 Å². The molecular formula is C26H26N2O3. The van der Waals surface area contributed by atoms with Gasteiger partial charge >= 0.3 is 0 Å². The van der Waals surface area contributed by atoms with Crippen LogP contribution in [0, 0.1) is 0 Å². The van der Waals surface area contributed by atoms with Gasteiger partial charge < -0.3 is 15.0 Å². The fourth-order valence-electron chi connectivity index (χ4n) is 3.71. The molecule has 4 rings (SSSR count). The number of hydrogen-bond acceptors (Lipinski definition) is 3. The maximum atomic E-state index is 12.7. The number of fused-ring (bicyclic) bond motifs is 1. The van der Waals surface area contributed by atoms with E-state index < -0.39 is 0 Å². The van der Waals surface area contributed by atoms with Gasteiger partial charge in [0.15, 0.2) is 0 Å². The van der Waals surface area contributed by atoms with E-state index in [4.69, 9.17) is 4.74 Å². The first-order valence-electron chi connectivity index (χ1n) is 10.5. The average Bonchev–Trinajstić information content (AvgIpc) is 3.07. The van der Waals surface area contributed by atoms with Gasteiger partial charge in [0.25, 0.3) is 5.91 Å². The van der Waals surface area contributed by atoms with Crippen molar-refractivity contribution in [3.8, 4) is 5.75 Å². The lowest BCUT2D eigenvalue weighted by Crippen LogP contribution is -2.26. The third-order valence-corrected chi connectivity index (χ3v) is 5.21. The van der Waals surface area contributed by atoms with E-state index in [2.05, 4.69) is 5.32 Å². The number of nitrogens with zero attached hydrogens (tertiary/aromatic N) is 1. The molecule has 0 spiro atoms. The molecule has 0 aliphatic carbocycles. The molecule has 3 aromatic carbocycles. The molecule has 3 aromatic rings. The van der Waals surface area contributed by atoms with Crippen LogP contribution in [-0.2, 0) is 24.3 Å². The number of nitrogens with one attached hydrogen (secondary N) is 1. The molecule has 158 valence electrons. The zero-order valence-corrected chi connectivity index (χ0v) is 17.8. The molecule has 0 unspecified atom stereocenters. The third-order valence-electron chi connectivity index (χ3n) is 5.21. The van der Waals surface area contributed by atoms with Crippen LogP contribution in [0.3, 0.4) is 0 Å². The number of rotatable bonds is 7. The summed E-state index contributed by atoms with van der Waals surface area (Å²) in [5.41, 5.74) is 4.41. The summed E-state index contributed by atoms with van der Waals surface area (Å²) in [7, 11) is 0. The maximum absolute atomic E-state index is 12.7. The van der Waals surface area contributed by atoms with E-state index >= 15 is 0 Å². The van der Waals surface area contributed by atoms with Crippen LogP contribution in [-0.4, -0.2) is 17.9 Å². The van der Waals surface area contributed by atoms with E-state index in [-0.39, 0.29) is 17.9 Å². The highest BCUT2D eigenvalue weighted by Crippen LogP contribution is 2.31. The van der Waals surface area contributed by atoms with Crippen LogP contribution in [0.1, 0.15) is 40.9 Å². The fourth-order valence-corrected chi connectivity index (χ4v) is 3.71. The van der Waals surface area contributed by atoms with Gasteiger partial charge in [-0.05, 0) is 60.9 Å². The Morgan fingerprint density at radius 1 is 1.00 bits per heavy atom. The van der Waals surface area contributed by atoms with Gasteiger partial charge in [-0.15, -0.1) is 0 Å². The lowest BCUT2D eigenvalue weighted by Gasteiger charge is -2.18. The molecular weight excluding hydrogens is 388 g/mol. The van der Waals surface area contributed by atoms with Gasteiger partial charge in [0, 0.05) is 17.8 Å². The Balaban J connectivity index is 1.40. The molecule has 2 amide bonds. The van der Waals surface area contributed by atoms with E-state index in [0.29, 0.717) is 25.1 Å². The van der Waals surface area contributed by atoms with Crippen LogP contribution in [0.5, 0.6) is 5.75 Å². The summed E-state index contributed by atoms with van der Waals surface area (Å²) in [6.07, 6.45) is 0.446. The van der Waals surface area contributed by atoms with E-state index in [9.17, 15) is 9.59 Å². The van der Waals surface area contributed by atoms with E-state index in [1.54, 1.807) is 11.0 Å². The zero-order chi connectivity index (χ0) is 21.8. The van der Waals surface area contributed by atoms with E-state index in [0.717, 1.165) is 28.1 Å². The molecule has 1 aliphatic heterocycles. The molecule has 5 nitrogen and oxygen atoms in total. The van der Waals surface area contributed by atoms with Crippen molar-refractivity contribution in [3.63, 3.8) is 0 Å². The Morgan fingerprint density at radius 2 is 1.74 bits per heavy atom. The topological polar surface area (TPSA) is 58.6 Å². The van der Waals surface area contributed by atoms with Crippen LogP contribution >= 0.6 is 0 Å². The fraction of sp³-hybridized carbons (Fsp3) is 0.231. The van der Waals surface area contributed by atoms with Crippen LogP contribution in [0.4, 0.5) is 5.69 Å². The SMILES string of the molecule is CC(C)Oc1ccc(CNC(=O)c2ccc3c(c2)CC(=O)N3Cc2ccccc2)cc1. The monoisotopic (exact) mass is 414 g/mol. The molecule has 1 N–H and O–H groups in total. The smallest absolute Gasteiger partial charge is 0.251 e. The van der Waals surface area contributed by atoms with Crippen LogP contribution < -0.4 is 15.0 Å². The molecule has 0 radical (unpaired) electrons. The first-order chi connectivity index (χ1) is 15.0. The summed E-state index contributed by atoms with van der Waals surface area (Å²) >= 11 is 0. The molecule has 31 heavy (non-hydrogen) atoms. The molecule has 0 saturated heterocycles. The largest absolute Gasteiger partial charge is 0.491 e. The first kappa shape index (κ1) is 20.7. The number of anilines is 1. The number of ether oxygens (including phenoxy) is 1. The molecule has 1 aliphatic rings. The maximum Gasteiger partial charge on any atom is 0.251 e. The average molecular weight is 415 g/mol. The van der Waals surface area contributed by atoms with E-state index in [1.807, 2.05) is 80.6 Å². The minimum absolute atomic E-state index is 0.0557. The van der Waals surface area contributed by atoms with Crippen molar-refractivity contribution < 1.29 is 14.3 Å². The van der Waals surface area contributed by atoms with Crippen molar-refractivity contribution >= 4 is 17.5 Å². The number of benzene rings is 3. The Bertz CT molecular complexity index is 1080. The summed E-state index contributed by atoms with van der Waals surface area (Å²) in [5.74, 6) is 0.716. The Labute approximate surface area is 182 Å². The van der Waals surface area contributed by atoms with Crippen LogP contribution in [0.25, 0.3) is 0 Å². The summed E-state index contributed by atoms with van der Waals surface area (Å²) in [6.45, 7) is 4.93. The number of carbonyl (C=O) groups is 2. The molecule has 5 heteroatoms. The van der Waals surface area contributed by atoms with Crippen molar-refractivity contribution in [3.05, 3.63) is 95.1 Å². The van der Waals surface area contributed by atoms with Gasteiger partial charge in [-0.2, -0.15) is 0 Å². The highest BCUT2D eigenvalue weighted by molar-refractivity contribution is 6.03. The van der Waals surface area contributed by atoms with Crippen molar-refractivity contribution in [1.29, 1.82) is 0 Å². The number of carbonyl (C=O) groups excluding carboxylic acids is 2. The highest BCUT2D eigenvalue weighted by Gasteiger charge is 2.28. The Hall–Kier alpha value is -3.60. The molecule has 0 aromatic heterocycles. The molecule has 0 fully saturated rings. The Kier molecular flexibility index (Phi) is 6.03. The van der Waals surface area contributed by atoms with Gasteiger partial charge in [-0.1, -0.05) is 42.5 Å². The predicted molar refractivity (Wildman–Crippen MR) is 121 cm³/mol. The van der Waals surface area contributed by atoms with Gasteiger partial charge in [0.05, 0.1) is 19.1 Å². The molecule has 0 saturated carbocycles. The highest BCUT2D eigenvalue weighted by atomic mass is 16.5. The lowest BCUT2D eigenvalue weighted by atomic mass is 10.1. The third kappa shape index (κ3) is 4.94. The van der Waals surface area contributed by atoms with Crippen LogP contribution in [0.15, 0.2) is 72.8 Å².